The molecule has 1 aromatic rings. The molecule has 36 heavy (non-hydrogen) atoms. The van der Waals surface area contributed by atoms with Crippen LogP contribution >= 0.6 is 0 Å². The standard InChI is InChI=1S/C23H38F2N2O9/c1-12(7-26)9-34-11-20(13(2)29)36-23(19(31)8-28)35-10-18(21(32)14(3)30)27-22(33)15-4-5-16(24)17(25)6-15/h4-6,12-14,18-21,23,28-32H,7-11,26H2,1-3H3,(H,27,33)/t12?,13-,14-,18+,19+,20?,21-,23?/m1/s1. The van der Waals surface area contributed by atoms with Crippen molar-refractivity contribution in [3.63, 3.8) is 0 Å². The predicted molar refractivity (Wildman–Crippen MR) is 124 cm³/mol. The van der Waals surface area contributed by atoms with Gasteiger partial charge in [0.2, 0.25) is 0 Å². The molecule has 0 radical (unpaired) electrons. The van der Waals surface area contributed by atoms with Gasteiger partial charge in [-0.05, 0) is 44.5 Å². The zero-order valence-corrected chi connectivity index (χ0v) is 20.6. The van der Waals surface area contributed by atoms with Gasteiger partial charge in [0.15, 0.2) is 17.9 Å². The number of aliphatic hydroxyl groups excluding tert-OH is 5. The van der Waals surface area contributed by atoms with E-state index in [0.29, 0.717) is 12.6 Å². The number of aliphatic hydroxyl groups is 5. The van der Waals surface area contributed by atoms with Crippen LogP contribution in [0, 0.1) is 17.6 Å². The van der Waals surface area contributed by atoms with Gasteiger partial charge >= 0.3 is 0 Å². The second-order valence-electron chi connectivity index (χ2n) is 8.69. The lowest BCUT2D eigenvalue weighted by molar-refractivity contribution is -0.246. The van der Waals surface area contributed by atoms with E-state index in [1.807, 2.05) is 6.92 Å². The van der Waals surface area contributed by atoms with Crippen LogP contribution in [0.5, 0.6) is 0 Å². The van der Waals surface area contributed by atoms with E-state index in [9.17, 15) is 39.1 Å². The van der Waals surface area contributed by atoms with Crippen molar-refractivity contribution in [2.45, 2.75) is 63.6 Å². The Morgan fingerprint density at radius 3 is 2.22 bits per heavy atom. The highest BCUT2D eigenvalue weighted by atomic mass is 19.2. The molecule has 0 heterocycles. The van der Waals surface area contributed by atoms with E-state index in [1.165, 1.54) is 13.8 Å². The van der Waals surface area contributed by atoms with E-state index < -0.39 is 73.6 Å². The van der Waals surface area contributed by atoms with Gasteiger partial charge in [0.05, 0.1) is 44.7 Å². The first-order valence-corrected chi connectivity index (χ1v) is 11.5. The molecule has 1 amide bonds. The normalized spacial score (nSPS) is 18.5. The average Bonchev–Trinajstić information content (AvgIpc) is 2.84. The Labute approximate surface area is 208 Å². The first kappa shape index (κ1) is 32.2. The lowest BCUT2D eigenvalue weighted by atomic mass is 10.1. The topological polar surface area (TPSA) is 184 Å². The first-order valence-electron chi connectivity index (χ1n) is 11.5. The highest BCUT2D eigenvalue weighted by Crippen LogP contribution is 2.14. The van der Waals surface area contributed by atoms with Gasteiger partial charge in [-0.3, -0.25) is 4.79 Å². The van der Waals surface area contributed by atoms with Crippen LogP contribution in [0.3, 0.4) is 0 Å². The second kappa shape index (κ2) is 16.1. The van der Waals surface area contributed by atoms with E-state index in [-0.39, 0.29) is 24.7 Å². The molecular formula is C23H38F2N2O9. The third kappa shape index (κ3) is 10.7. The Kier molecular flexibility index (Phi) is 14.4. The number of carbonyl (C=O) groups is 1. The minimum Gasteiger partial charge on any atom is -0.393 e. The van der Waals surface area contributed by atoms with Gasteiger partial charge in [0.1, 0.15) is 18.3 Å². The van der Waals surface area contributed by atoms with Gasteiger partial charge in [-0.1, -0.05) is 6.92 Å². The Morgan fingerprint density at radius 1 is 1.03 bits per heavy atom. The maximum atomic E-state index is 13.5. The summed E-state index contributed by atoms with van der Waals surface area (Å²) < 4.78 is 43.3. The van der Waals surface area contributed by atoms with Gasteiger partial charge < -0.3 is 50.8 Å². The molecule has 11 nitrogen and oxygen atoms in total. The fourth-order valence-corrected chi connectivity index (χ4v) is 2.89. The number of hydrogen-bond acceptors (Lipinski definition) is 10. The Bertz CT molecular complexity index is 788. The molecule has 0 aromatic heterocycles. The molecule has 1 rings (SSSR count). The van der Waals surface area contributed by atoms with Crippen LogP contribution in [0.15, 0.2) is 18.2 Å². The van der Waals surface area contributed by atoms with E-state index >= 15 is 0 Å². The molecule has 0 bridgehead atoms. The molecule has 0 saturated heterocycles. The number of carbonyl (C=O) groups excluding carboxylic acids is 1. The van der Waals surface area contributed by atoms with Crippen LogP contribution < -0.4 is 11.1 Å². The summed E-state index contributed by atoms with van der Waals surface area (Å²) in [4.78, 5) is 12.5. The van der Waals surface area contributed by atoms with Gasteiger partial charge in [-0.15, -0.1) is 0 Å². The Morgan fingerprint density at radius 2 is 1.69 bits per heavy atom. The number of amides is 1. The van der Waals surface area contributed by atoms with Crippen molar-refractivity contribution in [3.8, 4) is 0 Å². The molecule has 0 aliphatic rings. The average molecular weight is 525 g/mol. The minimum absolute atomic E-state index is 0.0515. The van der Waals surface area contributed by atoms with Crippen LogP contribution in [0.2, 0.25) is 0 Å². The van der Waals surface area contributed by atoms with Crippen molar-refractivity contribution in [3.05, 3.63) is 35.4 Å². The Balaban J connectivity index is 2.94. The fraction of sp³-hybridized carbons (Fsp3) is 0.696. The molecule has 8 atom stereocenters. The maximum Gasteiger partial charge on any atom is 0.251 e. The minimum atomic E-state index is -1.58. The lowest BCUT2D eigenvalue weighted by Crippen LogP contribution is -2.52. The quantitative estimate of drug-likeness (QED) is 0.123. The monoisotopic (exact) mass is 524 g/mol. The summed E-state index contributed by atoms with van der Waals surface area (Å²) >= 11 is 0. The molecule has 1 aromatic carbocycles. The first-order chi connectivity index (χ1) is 16.9. The number of nitrogens with two attached hydrogens (primary N) is 1. The van der Waals surface area contributed by atoms with Crippen molar-refractivity contribution < 1.29 is 53.3 Å². The van der Waals surface area contributed by atoms with E-state index in [0.717, 1.165) is 12.1 Å². The smallest absolute Gasteiger partial charge is 0.251 e. The number of ether oxygens (including phenoxy) is 3. The van der Waals surface area contributed by atoms with Gasteiger partial charge in [0.25, 0.3) is 5.91 Å². The highest BCUT2D eigenvalue weighted by molar-refractivity contribution is 5.94. The Hall–Kier alpha value is -1.81. The van der Waals surface area contributed by atoms with Crippen LogP contribution in [0.25, 0.3) is 0 Å². The molecule has 3 unspecified atom stereocenters. The van der Waals surface area contributed by atoms with Crippen LogP contribution in [-0.4, -0.2) is 107 Å². The summed E-state index contributed by atoms with van der Waals surface area (Å²) in [6.45, 7) is 3.79. The molecule has 0 spiro atoms. The van der Waals surface area contributed by atoms with Crippen molar-refractivity contribution >= 4 is 5.91 Å². The van der Waals surface area contributed by atoms with E-state index in [1.54, 1.807) is 0 Å². The van der Waals surface area contributed by atoms with Crippen molar-refractivity contribution in [1.82, 2.24) is 5.32 Å². The SMILES string of the molecule is CC(CN)COCC(OC(OC[C@H](NC(=O)c1ccc(F)c(F)c1)[C@H](O)[C@@H](C)O)[C@@H](O)CO)[C@@H](C)O. The van der Waals surface area contributed by atoms with E-state index in [2.05, 4.69) is 5.32 Å². The summed E-state index contributed by atoms with van der Waals surface area (Å²) in [5.74, 6) is -3.25. The summed E-state index contributed by atoms with van der Waals surface area (Å²) in [5.41, 5.74) is 5.29. The predicted octanol–water partition coefficient (Wildman–Crippen LogP) is -1.12. The van der Waals surface area contributed by atoms with Crippen LogP contribution in [0.4, 0.5) is 8.78 Å². The molecule has 13 heteroatoms. The molecule has 0 aliphatic carbocycles. The number of hydrogen-bond donors (Lipinski definition) is 7. The van der Waals surface area contributed by atoms with Gasteiger partial charge in [-0.25, -0.2) is 8.78 Å². The van der Waals surface area contributed by atoms with E-state index in [4.69, 9.17) is 19.9 Å². The van der Waals surface area contributed by atoms with Gasteiger partial charge in [-0.2, -0.15) is 0 Å². The highest BCUT2D eigenvalue weighted by Gasteiger charge is 2.31. The molecule has 0 aliphatic heterocycles. The van der Waals surface area contributed by atoms with Crippen molar-refractivity contribution in [2.75, 3.05) is 33.0 Å². The zero-order valence-electron chi connectivity index (χ0n) is 20.6. The largest absolute Gasteiger partial charge is 0.393 e. The molecule has 0 fully saturated rings. The summed E-state index contributed by atoms with van der Waals surface area (Å²) in [6, 6.07) is 1.15. The zero-order chi connectivity index (χ0) is 27.4. The lowest BCUT2D eigenvalue weighted by Gasteiger charge is -2.32. The summed E-state index contributed by atoms with van der Waals surface area (Å²) in [7, 11) is 0. The van der Waals surface area contributed by atoms with Crippen LogP contribution in [0.1, 0.15) is 31.1 Å². The van der Waals surface area contributed by atoms with Crippen molar-refractivity contribution in [1.29, 1.82) is 0 Å². The summed E-state index contributed by atoms with van der Waals surface area (Å²) in [6.07, 6.45) is -8.08. The second-order valence-corrected chi connectivity index (χ2v) is 8.69. The maximum absolute atomic E-state index is 13.5. The number of rotatable bonds is 17. The third-order valence-electron chi connectivity index (χ3n) is 5.28. The summed E-state index contributed by atoms with van der Waals surface area (Å²) in [5, 5.41) is 52.1. The third-order valence-corrected chi connectivity index (χ3v) is 5.28. The molecule has 0 saturated carbocycles. The number of halogens is 2. The number of nitrogens with one attached hydrogen (secondary N) is 1. The fourth-order valence-electron chi connectivity index (χ4n) is 2.89. The van der Waals surface area contributed by atoms with Gasteiger partial charge in [0, 0.05) is 5.56 Å². The van der Waals surface area contributed by atoms with Crippen LogP contribution in [-0.2, 0) is 14.2 Å². The van der Waals surface area contributed by atoms with Crippen molar-refractivity contribution in [2.24, 2.45) is 11.7 Å². The molecule has 8 N–H and O–H groups in total. The molecule has 208 valence electrons. The number of benzene rings is 1. The molecular weight excluding hydrogens is 486 g/mol.